The summed E-state index contributed by atoms with van der Waals surface area (Å²) in [6.07, 6.45) is 1.73. The van der Waals surface area contributed by atoms with E-state index in [-0.39, 0.29) is 5.91 Å². The number of rotatable bonds is 2. The first-order chi connectivity index (χ1) is 5.68. The number of hydrogen-bond donors (Lipinski definition) is 2. The first-order valence-corrected chi connectivity index (χ1v) is 3.64. The summed E-state index contributed by atoms with van der Waals surface area (Å²) >= 11 is 0. The van der Waals surface area contributed by atoms with E-state index in [1.54, 1.807) is 12.3 Å². The van der Waals surface area contributed by atoms with Gasteiger partial charge >= 0.3 is 0 Å². The summed E-state index contributed by atoms with van der Waals surface area (Å²) in [5.41, 5.74) is 6.18. The number of carbonyl (C=O) groups is 1. The molecule has 1 amide bonds. The Hall–Kier alpha value is -1.58. The first-order valence-electron chi connectivity index (χ1n) is 3.64. The minimum absolute atomic E-state index is 0.141. The number of carbonyl (C=O) groups excluding carboxylic acids is 1. The SMILES string of the molecule is CC(=O)NNc1ccc(C)cn1. The lowest BCUT2D eigenvalue weighted by Crippen LogP contribution is -2.26. The molecule has 0 spiro atoms. The van der Waals surface area contributed by atoms with Gasteiger partial charge in [0.1, 0.15) is 5.82 Å². The van der Waals surface area contributed by atoms with Crippen molar-refractivity contribution >= 4 is 11.7 Å². The van der Waals surface area contributed by atoms with Crippen LogP contribution in [0, 0.1) is 6.92 Å². The molecule has 0 aliphatic carbocycles. The van der Waals surface area contributed by atoms with Crippen molar-refractivity contribution in [3.05, 3.63) is 23.9 Å². The average Bonchev–Trinajstić information content (AvgIpc) is 2.03. The third kappa shape index (κ3) is 2.57. The van der Waals surface area contributed by atoms with Crippen LogP contribution in [0.5, 0.6) is 0 Å². The maximum atomic E-state index is 10.5. The second-order valence-electron chi connectivity index (χ2n) is 2.53. The molecule has 0 aliphatic heterocycles. The highest BCUT2D eigenvalue weighted by atomic mass is 16.2. The molecule has 1 aromatic rings. The molecule has 0 unspecified atom stereocenters. The Morgan fingerprint density at radius 1 is 1.50 bits per heavy atom. The van der Waals surface area contributed by atoms with Crippen molar-refractivity contribution in [1.29, 1.82) is 0 Å². The number of nitrogens with zero attached hydrogens (tertiary/aromatic N) is 1. The molecule has 0 aliphatic rings. The van der Waals surface area contributed by atoms with Gasteiger partial charge in [-0.2, -0.15) is 0 Å². The van der Waals surface area contributed by atoms with Crippen LogP contribution >= 0.6 is 0 Å². The Morgan fingerprint density at radius 3 is 2.75 bits per heavy atom. The zero-order valence-electron chi connectivity index (χ0n) is 7.09. The summed E-state index contributed by atoms with van der Waals surface area (Å²) in [6.45, 7) is 3.39. The highest BCUT2D eigenvalue weighted by molar-refractivity contribution is 5.74. The third-order valence-electron chi connectivity index (χ3n) is 1.28. The van der Waals surface area contributed by atoms with Crippen LogP contribution < -0.4 is 10.9 Å². The summed E-state index contributed by atoms with van der Waals surface area (Å²) in [7, 11) is 0. The van der Waals surface area contributed by atoms with Crippen molar-refractivity contribution in [2.45, 2.75) is 13.8 Å². The molecule has 0 aromatic carbocycles. The third-order valence-corrected chi connectivity index (χ3v) is 1.28. The van der Waals surface area contributed by atoms with Crippen LogP contribution in [0.4, 0.5) is 5.82 Å². The van der Waals surface area contributed by atoms with E-state index in [2.05, 4.69) is 15.8 Å². The molecular weight excluding hydrogens is 154 g/mol. The maximum Gasteiger partial charge on any atom is 0.235 e. The van der Waals surface area contributed by atoms with Crippen molar-refractivity contribution in [3.63, 3.8) is 0 Å². The molecule has 0 saturated carbocycles. The van der Waals surface area contributed by atoms with Gasteiger partial charge in [-0.25, -0.2) is 4.98 Å². The quantitative estimate of drug-likeness (QED) is 0.639. The molecule has 1 rings (SSSR count). The van der Waals surface area contributed by atoms with E-state index < -0.39 is 0 Å². The van der Waals surface area contributed by atoms with Crippen molar-refractivity contribution in [1.82, 2.24) is 10.4 Å². The van der Waals surface area contributed by atoms with Crippen molar-refractivity contribution in [3.8, 4) is 0 Å². The largest absolute Gasteiger partial charge is 0.282 e. The van der Waals surface area contributed by atoms with Gasteiger partial charge in [-0.15, -0.1) is 0 Å². The van der Waals surface area contributed by atoms with Crippen LogP contribution in [0.3, 0.4) is 0 Å². The molecule has 64 valence electrons. The lowest BCUT2D eigenvalue weighted by atomic mass is 10.3. The molecule has 0 bridgehead atoms. The Balaban J connectivity index is 2.53. The maximum absolute atomic E-state index is 10.5. The number of hydrazine groups is 1. The molecule has 12 heavy (non-hydrogen) atoms. The summed E-state index contributed by atoms with van der Waals surface area (Å²) in [4.78, 5) is 14.5. The van der Waals surface area contributed by atoms with Crippen LogP contribution in [0.15, 0.2) is 18.3 Å². The van der Waals surface area contributed by atoms with E-state index in [1.807, 2.05) is 13.0 Å². The number of amides is 1. The Morgan fingerprint density at radius 2 is 2.25 bits per heavy atom. The minimum Gasteiger partial charge on any atom is -0.282 e. The van der Waals surface area contributed by atoms with Gasteiger partial charge in [-0.1, -0.05) is 6.07 Å². The predicted octanol–water partition coefficient (Wildman–Crippen LogP) is 0.853. The number of hydrogen-bond acceptors (Lipinski definition) is 3. The van der Waals surface area contributed by atoms with E-state index in [4.69, 9.17) is 0 Å². The lowest BCUT2D eigenvalue weighted by molar-refractivity contribution is -0.118. The molecule has 0 radical (unpaired) electrons. The Kier molecular flexibility index (Phi) is 2.63. The van der Waals surface area contributed by atoms with Crippen LogP contribution in [0.2, 0.25) is 0 Å². The second-order valence-corrected chi connectivity index (χ2v) is 2.53. The normalized spacial score (nSPS) is 9.17. The summed E-state index contributed by atoms with van der Waals surface area (Å²) in [6, 6.07) is 3.71. The van der Waals surface area contributed by atoms with Crippen LogP contribution in [-0.2, 0) is 4.79 Å². The predicted molar refractivity (Wildman–Crippen MR) is 46.4 cm³/mol. The molecular formula is C8H11N3O. The fraction of sp³-hybridized carbons (Fsp3) is 0.250. The highest BCUT2D eigenvalue weighted by Crippen LogP contribution is 2.01. The van der Waals surface area contributed by atoms with Gasteiger partial charge in [0, 0.05) is 13.1 Å². The van der Waals surface area contributed by atoms with Gasteiger partial charge in [-0.05, 0) is 18.6 Å². The molecule has 0 saturated heterocycles. The average molecular weight is 165 g/mol. The van der Waals surface area contributed by atoms with Gasteiger partial charge in [0.25, 0.3) is 0 Å². The molecule has 0 atom stereocenters. The van der Waals surface area contributed by atoms with Crippen LogP contribution in [-0.4, -0.2) is 10.9 Å². The second kappa shape index (κ2) is 3.71. The van der Waals surface area contributed by atoms with Gasteiger partial charge in [0.05, 0.1) is 0 Å². The molecule has 1 aromatic heterocycles. The van der Waals surface area contributed by atoms with Crippen molar-refractivity contribution in [2.24, 2.45) is 0 Å². The van der Waals surface area contributed by atoms with Crippen LogP contribution in [0.1, 0.15) is 12.5 Å². The van der Waals surface area contributed by atoms with Gasteiger partial charge in [0.2, 0.25) is 5.91 Å². The first kappa shape index (κ1) is 8.52. The summed E-state index contributed by atoms with van der Waals surface area (Å²) in [5.74, 6) is 0.494. The van der Waals surface area contributed by atoms with Crippen molar-refractivity contribution in [2.75, 3.05) is 5.43 Å². The molecule has 2 N–H and O–H groups in total. The monoisotopic (exact) mass is 165 g/mol. The molecule has 0 fully saturated rings. The summed E-state index contributed by atoms with van der Waals surface area (Å²) < 4.78 is 0. The number of pyridine rings is 1. The number of aromatic nitrogens is 1. The molecule has 4 heteroatoms. The number of anilines is 1. The number of nitrogens with one attached hydrogen (secondary N) is 2. The van der Waals surface area contributed by atoms with E-state index in [0.29, 0.717) is 5.82 Å². The minimum atomic E-state index is -0.141. The van der Waals surface area contributed by atoms with Gasteiger partial charge < -0.3 is 0 Å². The van der Waals surface area contributed by atoms with E-state index in [0.717, 1.165) is 5.56 Å². The van der Waals surface area contributed by atoms with Gasteiger partial charge in [-0.3, -0.25) is 15.6 Å². The zero-order chi connectivity index (χ0) is 8.97. The topological polar surface area (TPSA) is 54.0 Å². The fourth-order valence-corrected chi connectivity index (χ4v) is 0.694. The number of aryl methyl sites for hydroxylation is 1. The molecule has 4 nitrogen and oxygen atoms in total. The van der Waals surface area contributed by atoms with E-state index in [1.165, 1.54) is 6.92 Å². The fourth-order valence-electron chi connectivity index (χ4n) is 0.694. The molecule has 1 heterocycles. The van der Waals surface area contributed by atoms with Crippen molar-refractivity contribution < 1.29 is 4.79 Å². The lowest BCUT2D eigenvalue weighted by Gasteiger charge is -2.04. The zero-order valence-corrected chi connectivity index (χ0v) is 7.09. The Labute approximate surface area is 71.0 Å². The summed E-state index contributed by atoms with van der Waals surface area (Å²) in [5, 5.41) is 0. The van der Waals surface area contributed by atoms with Crippen LogP contribution in [0.25, 0.3) is 0 Å². The highest BCUT2D eigenvalue weighted by Gasteiger charge is 1.92. The van der Waals surface area contributed by atoms with E-state index >= 15 is 0 Å². The standard InChI is InChI=1S/C8H11N3O/c1-6-3-4-8(9-5-6)11-10-7(2)12/h3-5H,1-2H3,(H,9,11)(H,10,12). The Bertz CT molecular complexity index is 268. The smallest absolute Gasteiger partial charge is 0.235 e. The van der Waals surface area contributed by atoms with Gasteiger partial charge in [0.15, 0.2) is 0 Å². The van der Waals surface area contributed by atoms with E-state index in [9.17, 15) is 4.79 Å².